The van der Waals surface area contributed by atoms with E-state index in [1.54, 1.807) is 0 Å². The normalized spacial score (nSPS) is 16.6. The summed E-state index contributed by atoms with van der Waals surface area (Å²) < 4.78 is 0. The molecule has 0 unspecified atom stereocenters. The minimum absolute atomic E-state index is 0.238. The van der Waals surface area contributed by atoms with Crippen LogP contribution < -0.4 is 0 Å². The van der Waals surface area contributed by atoms with Gasteiger partial charge in [-0.2, -0.15) is 0 Å². The third-order valence-electron chi connectivity index (χ3n) is 2.73. The zero-order chi connectivity index (χ0) is 12.0. The summed E-state index contributed by atoms with van der Waals surface area (Å²) in [5.41, 5.74) is 1.86. The van der Waals surface area contributed by atoms with E-state index in [1.807, 2.05) is 33.8 Å². The number of hydrogen-bond donors (Lipinski definition) is 2. The van der Waals surface area contributed by atoms with Crippen LogP contribution in [0.1, 0.15) is 40.5 Å². The molecule has 0 spiro atoms. The summed E-state index contributed by atoms with van der Waals surface area (Å²) in [6, 6.07) is 0. The lowest BCUT2D eigenvalue weighted by Gasteiger charge is -2.18. The van der Waals surface area contributed by atoms with Gasteiger partial charge < -0.3 is 10.2 Å². The summed E-state index contributed by atoms with van der Waals surface area (Å²) in [7, 11) is 0. The first-order valence-corrected chi connectivity index (χ1v) is 5.54. The molecule has 0 bridgehead atoms. The second-order valence-electron chi connectivity index (χ2n) is 4.52. The van der Waals surface area contributed by atoms with Crippen LogP contribution in [0.4, 0.5) is 0 Å². The maximum Gasteiger partial charge on any atom is 0.0784 e. The van der Waals surface area contributed by atoms with Crippen LogP contribution in [-0.2, 0) is 0 Å². The van der Waals surface area contributed by atoms with Gasteiger partial charge in [0.25, 0.3) is 0 Å². The van der Waals surface area contributed by atoms with E-state index in [9.17, 15) is 10.2 Å². The van der Waals surface area contributed by atoms with Gasteiger partial charge in [0.05, 0.1) is 12.2 Å². The quantitative estimate of drug-likeness (QED) is 0.665. The molecule has 88 valence electrons. The van der Waals surface area contributed by atoms with Gasteiger partial charge in [0, 0.05) is 0 Å². The standard InChI is InChI=1S/C13H24O2/c1-6-11(5)13(15)8-10(4)7-12(14)9(2)3/h6,9,12-15H,4,7-8H2,1-3,5H3/b11-6+/t12-,13-/m0/s1. The third kappa shape index (κ3) is 5.75. The summed E-state index contributed by atoms with van der Waals surface area (Å²) in [5.74, 6) is 0.238. The molecule has 0 saturated heterocycles. The highest BCUT2D eigenvalue weighted by Gasteiger charge is 2.13. The van der Waals surface area contributed by atoms with Gasteiger partial charge in [0.15, 0.2) is 0 Å². The van der Waals surface area contributed by atoms with E-state index >= 15 is 0 Å². The average molecular weight is 212 g/mol. The topological polar surface area (TPSA) is 40.5 Å². The molecule has 2 nitrogen and oxygen atoms in total. The molecule has 0 aromatic carbocycles. The molecule has 0 rings (SSSR count). The molecule has 0 aliphatic rings. The molecule has 2 atom stereocenters. The molecular formula is C13H24O2. The number of rotatable bonds is 6. The van der Waals surface area contributed by atoms with E-state index < -0.39 is 6.10 Å². The minimum atomic E-state index is -0.457. The predicted molar refractivity (Wildman–Crippen MR) is 64.7 cm³/mol. The van der Waals surface area contributed by atoms with Crippen molar-refractivity contribution in [2.45, 2.75) is 52.7 Å². The summed E-state index contributed by atoms with van der Waals surface area (Å²) in [6.07, 6.45) is 2.21. The van der Waals surface area contributed by atoms with E-state index in [0.29, 0.717) is 12.8 Å². The minimum Gasteiger partial charge on any atom is -0.393 e. The van der Waals surface area contributed by atoms with Crippen molar-refractivity contribution in [2.24, 2.45) is 5.92 Å². The van der Waals surface area contributed by atoms with Crippen molar-refractivity contribution >= 4 is 0 Å². The number of hydrogen-bond acceptors (Lipinski definition) is 2. The monoisotopic (exact) mass is 212 g/mol. The predicted octanol–water partition coefficient (Wildman–Crippen LogP) is 2.67. The molecule has 0 saturated carbocycles. The van der Waals surface area contributed by atoms with E-state index in [-0.39, 0.29) is 12.0 Å². The van der Waals surface area contributed by atoms with Gasteiger partial charge in [-0.3, -0.25) is 0 Å². The maximum absolute atomic E-state index is 9.73. The fourth-order valence-electron chi connectivity index (χ4n) is 1.24. The van der Waals surface area contributed by atoms with Crippen molar-refractivity contribution in [3.8, 4) is 0 Å². The first kappa shape index (κ1) is 14.4. The smallest absolute Gasteiger partial charge is 0.0784 e. The molecule has 2 heteroatoms. The number of allylic oxidation sites excluding steroid dienone is 1. The van der Waals surface area contributed by atoms with E-state index in [1.165, 1.54) is 0 Å². The number of aliphatic hydroxyl groups excluding tert-OH is 2. The van der Waals surface area contributed by atoms with Crippen molar-refractivity contribution in [3.63, 3.8) is 0 Å². The molecule has 0 radical (unpaired) electrons. The molecule has 0 aromatic rings. The number of aliphatic hydroxyl groups is 2. The second-order valence-corrected chi connectivity index (χ2v) is 4.52. The molecule has 2 N–H and O–H groups in total. The van der Waals surface area contributed by atoms with Crippen molar-refractivity contribution in [1.82, 2.24) is 0 Å². The highest BCUT2D eigenvalue weighted by molar-refractivity contribution is 5.09. The highest BCUT2D eigenvalue weighted by Crippen LogP contribution is 2.18. The van der Waals surface area contributed by atoms with E-state index in [4.69, 9.17) is 0 Å². The van der Waals surface area contributed by atoms with Crippen molar-refractivity contribution in [1.29, 1.82) is 0 Å². The lowest BCUT2D eigenvalue weighted by molar-refractivity contribution is 0.122. The largest absolute Gasteiger partial charge is 0.393 e. The summed E-state index contributed by atoms with van der Waals surface area (Å²) in [5, 5.41) is 19.4. The van der Waals surface area contributed by atoms with Crippen LogP contribution in [-0.4, -0.2) is 22.4 Å². The van der Waals surface area contributed by atoms with Crippen LogP contribution in [0.5, 0.6) is 0 Å². The molecule has 0 aliphatic heterocycles. The Hall–Kier alpha value is -0.600. The van der Waals surface area contributed by atoms with Gasteiger partial charge in [0.1, 0.15) is 0 Å². The van der Waals surface area contributed by atoms with E-state index in [2.05, 4.69) is 6.58 Å². The molecular weight excluding hydrogens is 188 g/mol. The van der Waals surface area contributed by atoms with E-state index in [0.717, 1.165) is 11.1 Å². The van der Waals surface area contributed by atoms with Crippen LogP contribution in [0.2, 0.25) is 0 Å². The first-order valence-electron chi connectivity index (χ1n) is 5.54. The molecule has 0 fully saturated rings. The van der Waals surface area contributed by atoms with Gasteiger partial charge in [-0.1, -0.05) is 32.1 Å². The van der Waals surface area contributed by atoms with Crippen molar-refractivity contribution < 1.29 is 10.2 Å². The molecule has 0 amide bonds. The van der Waals surface area contributed by atoms with Gasteiger partial charge in [-0.25, -0.2) is 0 Å². The Kier molecular flexibility index (Phi) is 6.53. The van der Waals surface area contributed by atoms with Crippen LogP contribution in [0.15, 0.2) is 23.8 Å². The fraction of sp³-hybridized carbons (Fsp3) is 0.692. The maximum atomic E-state index is 9.73. The molecule has 15 heavy (non-hydrogen) atoms. The van der Waals surface area contributed by atoms with Crippen LogP contribution >= 0.6 is 0 Å². The zero-order valence-electron chi connectivity index (χ0n) is 10.3. The Bertz CT molecular complexity index is 229. The van der Waals surface area contributed by atoms with Gasteiger partial charge in [-0.15, -0.1) is 0 Å². The molecule has 0 aliphatic carbocycles. The highest BCUT2D eigenvalue weighted by atomic mass is 16.3. The summed E-state index contributed by atoms with van der Waals surface area (Å²) in [6.45, 7) is 11.6. The zero-order valence-corrected chi connectivity index (χ0v) is 10.3. The van der Waals surface area contributed by atoms with Gasteiger partial charge in [0.2, 0.25) is 0 Å². The SMILES string of the molecule is C=C(C[C@H](O)/C(C)=C/C)C[C@H](O)C(C)C. The Balaban J connectivity index is 4.04. The molecule has 0 aromatic heterocycles. The summed E-state index contributed by atoms with van der Waals surface area (Å²) >= 11 is 0. The third-order valence-corrected chi connectivity index (χ3v) is 2.73. The Labute approximate surface area is 93.3 Å². The second kappa shape index (κ2) is 6.81. The first-order chi connectivity index (χ1) is 6.88. The lowest BCUT2D eigenvalue weighted by Crippen LogP contribution is -2.17. The van der Waals surface area contributed by atoms with Crippen LogP contribution in [0, 0.1) is 5.92 Å². The van der Waals surface area contributed by atoms with Crippen LogP contribution in [0.3, 0.4) is 0 Å². The Morgan fingerprint density at radius 3 is 2.20 bits per heavy atom. The fourth-order valence-corrected chi connectivity index (χ4v) is 1.24. The Morgan fingerprint density at radius 1 is 1.27 bits per heavy atom. The van der Waals surface area contributed by atoms with Gasteiger partial charge in [-0.05, 0) is 38.2 Å². The van der Waals surface area contributed by atoms with Gasteiger partial charge >= 0.3 is 0 Å². The lowest BCUT2D eigenvalue weighted by atomic mass is 9.95. The van der Waals surface area contributed by atoms with Crippen molar-refractivity contribution in [3.05, 3.63) is 23.8 Å². The molecule has 0 heterocycles. The van der Waals surface area contributed by atoms with Crippen molar-refractivity contribution in [2.75, 3.05) is 0 Å². The summed E-state index contributed by atoms with van der Waals surface area (Å²) in [4.78, 5) is 0. The Morgan fingerprint density at radius 2 is 1.80 bits per heavy atom. The average Bonchev–Trinajstić information content (AvgIpc) is 2.15. The van der Waals surface area contributed by atoms with Crippen LogP contribution in [0.25, 0.3) is 0 Å².